The van der Waals surface area contributed by atoms with E-state index in [-0.39, 0.29) is 5.91 Å². The Hall–Kier alpha value is -2.69. The van der Waals surface area contributed by atoms with Gasteiger partial charge in [0.1, 0.15) is 0 Å². The van der Waals surface area contributed by atoms with Gasteiger partial charge in [0.05, 0.1) is 11.3 Å². The molecule has 1 aromatic carbocycles. The van der Waals surface area contributed by atoms with Crippen LogP contribution in [0, 0.1) is 19.8 Å². The fourth-order valence-corrected chi connectivity index (χ4v) is 4.52. The molecule has 0 radical (unpaired) electrons. The van der Waals surface area contributed by atoms with Crippen LogP contribution in [0.2, 0.25) is 0 Å². The van der Waals surface area contributed by atoms with Crippen molar-refractivity contribution in [2.75, 3.05) is 26.2 Å². The summed E-state index contributed by atoms with van der Waals surface area (Å²) in [5, 5.41) is 0. The van der Waals surface area contributed by atoms with Crippen LogP contribution in [0.1, 0.15) is 47.2 Å². The van der Waals surface area contributed by atoms with Crippen LogP contribution in [-0.2, 0) is 4.79 Å². The van der Waals surface area contributed by atoms with Gasteiger partial charge in [-0.1, -0.05) is 17.2 Å². The third-order valence-electron chi connectivity index (χ3n) is 6.08. The van der Waals surface area contributed by atoms with Crippen LogP contribution >= 0.6 is 0 Å². The molecule has 0 N–H and O–H groups in total. The summed E-state index contributed by atoms with van der Waals surface area (Å²) in [5.74, 6) is 0.852. The Bertz CT molecular complexity index is 879. The first-order chi connectivity index (χ1) is 14.0. The SMILES string of the molecule is Cc1cc(C)cc(-c2ccc(C(=O)N3CCC(CN4CCCC4=O)CC3)cn2)c1. The van der Waals surface area contributed by atoms with Gasteiger partial charge in [-0.15, -0.1) is 0 Å². The van der Waals surface area contributed by atoms with Crippen LogP contribution < -0.4 is 0 Å². The molecule has 3 heterocycles. The number of aryl methyl sites for hydroxylation is 2. The zero-order valence-electron chi connectivity index (χ0n) is 17.4. The molecule has 0 aliphatic carbocycles. The maximum absolute atomic E-state index is 12.9. The Balaban J connectivity index is 1.36. The second-order valence-corrected chi connectivity index (χ2v) is 8.49. The van der Waals surface area contributed by atoms with E-state index in [1.807, 2.05) is 21.9 Å². The molecule has 2 aromatic rings. The van der Waals surface area contributed by atoms with E-state index >= 15 is 0 Å². The molecule has 0 saturated carbocycles. The molecule has 2 amide bonds. The summed E-state index contributed by atoms with van der Waals surface area (Å²) in [5.41, 5.74) is 5.04. The zero-order chi connectivity index (χ0) is 20.4. The van der Waals surface area contributed by atoms with Gasteiger partial charge in [0.25, 0.3) is 5.91 Å². The molecule has 2 aliphatic rings. The van der Waals surface area contributed by atoms with Crippen LogP contribution in [0.15, 0.2) is 36.5 Å². The summed E-state index contributed by atoms with van der Waals surface area (Å²) in [7, 11) is 0. The molecule has 152 valence electrons. The maximum Gasteiger partial charge on any atom is 0.255 e. The van der Waals surface area contributed by atoms with E-state index in [1.54, 1.807) is 6.20 Å². The van der Waals surface area contributed by atoms with Gasteiger partial charge in [0.15, 0.2) is 0 Å². The third-order valence-corrected chi connectivity index (χ3v) is 6.08. The van der Waals surface area contributed by atoms with Crippen molar-refractivity contribution in [2.45, 2.75) is 39.5 Å². The van der Waals surface area contributed by atoms with E-state index < -0.39 is 0 Å². The van der Waals surface area contributed by atoms with Gasteiger partial charge in [-0.25, -0.2) is 0 Å². The first-order valence-electron chi connectivity index (χ1n) is 10.6. The Morgan fingerprint density at radius 1 is 1.07 bits per heavy atom. The van der Waals surface area contributed by atoms with Crippen molar-refractivity contribution < 1.29 is 9.59 Å². The molecule has 5 heteroatoms. The lowest BCUT2D eigenvalue weighted by molar-refractivity contribution is -0.128. The quantitative estimate of drug-likeness (QED) is 0.796. The van der Waals surface area contributed by atoms with Gasteiger partial charge in [-0.2, -0.15) is 0 Å². The summed E-state index contributed by atoms with van der Waals surface area (Å²) < 4.78 is 0. The van der Waals surface area contributed by atoms with Crippen molar-refractivity contribution in [3.05, 3.63) is 53.2 Å². The van der Waals surface area contributed by atoms with Crippen LogP contribution in [-0.4, -0.2) is 52.8 Å². The molecular formula is C24H29N3O2. The first-order valence-corrected chi connectivity index (χ1v) is 10.6. The summed E-state index contributed by atoms with van der Waals surface area (Å²) in [6, 6.07) is 10.2. The monoisotopic (exact) mass is 391 g/mol. The number of pyridine rings is 1. The number of carbonyl (C=O) groups excluding carboxylic acids is 2. The molecule has 4 rings (SSSR count). The molecule has 2 fully saturated rings. The van der Waals surface area contributed by atoms with E-state index in [9.17, 15) is 9.59 Å². The molecule has 0 atom stereocenters. The highest BCUT2D eigenvalue weighted by atomic mass is 16.2. The maximum atomic E-state index is 12.9. The van der Waals surface area contributed by atoms with Crippen LogP contribution in [0.25, 0.3) is 11.3 Å². The highest BCUT2D eigenvalue weighted by Crippen LogP contribution is 2.24. The number of carbonyl (C=O) groups is 2. The number of benzene rings is 1. The minimum atomic E-state index is 0.0557. The number of nitrogens with zero attached hydrogens (tertiary/aromatic N) is 3. The Labute approximate surface area is 172 Å². The zero-order valence-corrected chi connectivity index (χ0v) is 17.4. The van der Waals surface area contributed by atoms with Crippen LogP contribution in [0.4, 0.5) is 0 Å². The van der Waals surface area contributed by atoms with Gasteiger partial charge >= 0.3 is 0 Å². The van der Waals surface area contributed by atoms with Crippen molar-refractivity contribution in [3.8, 4) is 11.3 Å². The number of aromatic nitrogens is 1. The minimum Gasteiger partial charge on any atom is -0.342 e. The highest BCUT2D eigenvalue weighted by Gasteiger charge is 2.28. The van der Waals surface area contributed by atoms with Crippen LogP contribution in [0.5, 0.6) is 0 Å². The van der Waals surface area contributed by atoms with Gasteiger partial charge in [-0.05, 0) is 63.3 Å². The van der Waals surface area contributed by atoms with E-state index in [0.717, 1.165) is 56.7 Å². The normalized spacial score (nSPS) is 17.8. The molecule has 29 heavy (non-hydrogen) atoms. The first kappa shape index (κ1) is 19.6. The van der Waals surface area contributed by atoms with Gasteiger partial charge in [0.2, 0.25) is 5.91 Å². The highest BCUT2D eigenvalue weighted by molar-refractivity contribution is 5.94. The lowest BCUT2D eigenvalue weighted by atomic mass is 9.95. The number of hydrogen-bond donors (Lipinski definition) is 0. The minimum absolute atomic E-state index is 0.0557. The number of amides is 2. The van der Waals surface area contributed by atoms with Crippen molar-refractivity contribution in [3.63, 3.8) is 0 Å². The molecule has 0 spiro atoms. The summed E-state index contributed by atoms with van der Waals surface area (Å²) in [4.78, 5) is 33.2. The predicted octanol–water partition coefficient (Wildman–Crippen LogP) is 3.84. The average Bonchev–Trinajstić information content (AvgIpc) is 3.12. The Morgan fingerprint density at radius 3 is 2.38 bits per heavy atom. The van der Waals surface area contributed by atoms with Crippen molar-refractivity contribution in [1.29, 1.82) is 0 Å². The number of rotatable bonds is 4. The van der Waals surface area contributed by atoms with E-state index in [0.29, 0.717) is 23.8 Å². The molecule has 5 nitrogen and oxygen atoms in total. The average molecular weight is 392 g/mol. The lowest BCUT2D eigenvalue weighted by Gasteiger charge is -2.34. The fraction of sp³-hybridized carbons (Fsp3) is 0.458. The summed E-state index contributed by atoms with van der Waals surface area (Å²) in [6.45, 7) is 7.42. The predicted molar refractivity (Wildman–Crippen MR) is 114 cm³/mol. The molecule has 1 aromatic heterocycles. The largest absolute Gasteiger partial charge is 0.342 e. The molecular weight excluding hydrogens is 362 g/mol. The smallest absolute Gasteiger partial charge is 0.255 e. The molecule has 2 aliphatic heterocycles. The van der Waals surface area contributed by atoms with Crippen molar-refractivity contribution in [1.82, 2.24) is 14.8 Å². The van der Waals surface area contributed by atoms with E-state index in [2.05, 4.69) is 37.0 Å². The standard InChI is InChI=1S/C24H29N3O2/c1-17-12-18(2)14-21(13-17)22-6-5-20(15-25-22)24(29)26-10-7-19(8-11-26)16-27-9-3-4-23(27)28/h5-6,12-15,19H,3-4,7-11,16H2,1-2H3. The number of piperidine rings is 1. The summed E-state index contributed by atoms with van der Waals surface area (Å²) >= 11 is 0. The van der Waals surface area contributed by atoms with E-state index in [4.69, 9.17) is 0 Å². The Kier molecular flexibility index (Phi) is 5.65. The van der Waals surface area contributed by atoms with Crippen molar-refractivity contribution >= 4 is 11.8 Å². The topological polar surface area (TPSA) is 53.5 Å². The fourth-order valence-electron chi connectivity index (χ4n) is 4.52. The lowest BCUT2D eigenvalue weighted by Crippen LogP contribution is -2.41. The summed E-state index contributed by atoms with van der Waals surface area (Å²) in [6.07, 6.45) is 5.31. The van der Waals surface area contributed by atoms with Crippen LogP contribution in [0.3, 0.4) is 0 Å². The Morgan fingerprint density at radius 2 is 1.79 bits per heavy atom. The molecule has 2 saturated heterocycles. The second kappa shape index (κ2) is 8.36. The van der Waals surface area contributed by atoms with Gasteiger partial charge < -0.3 is 9.80 Å². The van der Waals surface area contributed by atoms with Gasteiger partial charge in [-0.3, -0.25) is 14.6 Å². The third kappa shape index (κ3) is 4.50. The van der Waals surface area contributed by atoms with Gasteiger partial charge in [0, 0.05) is 44.4 Å². The molecule has 0 unspecified atom stereocenters. The van der Waals surface area contributed by atoms with E-state index in [1.165, 1.54) is 11.1 Å². The molecule has 0 bridgehead atoms. The number of hydrogen-bond acceptors (Lipinski definition) is 3. The second-order valence-electron chi connectivity index (χ2n) is 8.49. The van der Waals surface area contributed by atoms with Crippen molar-refractivity contribution in [2.24, 2.45) is 5.92 Å². The number of likely N-dealkylation sites (tertiary alicyclic amines) is 2.